The van der Waals surface area contributed by atoms with Crippen molar-refractivity contribution < 1.29 is 4.79 Å². The van der Waals surface area contributed by atoms with E-state index in [4.69, 9.17) is 0 Å². The van der Waals surface area contributed by atoms with E-state index in [0.717, 1.165) is 43.2 Å². The van der Waals surface area contributed by atoms with Gasteiger partial charge in [0.15, 0.2) is 5.65 Å². The summed E-state index contributed by atoms with van der Waals surface area (Å²) in [4.78, 5) is 29.9. The summed E-state index contributed by atoms with van der Waals surface area (Å²) in [5, 5.41) is 8.11. The summed E-state index contributed by atoms with van der Waals surface area (Å²) in [6.07, 6.45) is 5.11. The molecule has 0 unspecified atom stereocenters. The molecule has 4 heterocycles. The smallest absolute Gasteiger partial charge is 0.242 e. The molecule has 9 heteroatoms. The van der Waals surface area contributed by atoms with Crippen molar-refractivity contribution in [3.8, 4) is 0 Å². The fraction of sp³-hybridized carbons (Fsp3) is 0.421. The number of nitrogens with zero attached hydrogens (tertiary/aromatic N) is 7. The summed E-state index contributed by atoms with van der Waals surface area (Å²) in [6.45, 7) is 7.42. The predicted molar refractivity (Wildman–Crippen MR) is 107 cm³/mol. The highest BCUT2D eigenvalue weighted by Gasteiger charge is 2.22. The third-order valence-electron chi connectivity index (χ3n) is 4.71. The predicted octanol–water partition coefficient (Wildman–Crippen LogP) is 1.07. The van der Waals surface area contributed by atoms with E-state index in [1.54, 1.807) is 17.2 Å². The molecule has 146 valence electrons. The van der Waals surface area contributed by atoms with E-state index in [9.17, 15) is 4.79 Å². The Hall–Kier alpha value is -3.23. The minimum absolute atomic E-state index is 0.0795. The number of rotatable bonds is 5. The molecule has 1 aliphatic heterocycles. The Morgan fingerprint density at radius 3 is 2.61 bits per heavy atom. The van der Waals surface area contributed by atoms with E-state index in [-0.39, 0.29) is 18.5 Å². The van der Waals surface area contributed by atoms with Gasteiger partial charge in [0.2, 0.25) is 5.91 Å². The Balaban J connectivity index is 1.50. The number of hydrogen-bond donors (Lipinski definition) is 1. The zero-order valence-corrected chi connectivity index (χ0v) is 16.1. The summed E-state index contributed by atoms with van der Waals surface area (Å²) in [6, 6.07) is 6.06. The van der Waals surface area contributed by atoms with Crippen LogP contribution in [-0.2, 0) is 11.3 Å². The summed E-state index contributed by atoms with van der Waals surface area (Å²) >= 11 is 0. The van der Waals surface area contributed by atoms with Gasteiger partial charge in [-0.05, 0) is 26.0 Å². The van der Waals surface area contributed by atoms with Gasteiger partial charge in [-0.15, -0.1) is 0 Å². The number of carbonyl (C=O) groups excluding carboxylic acids is 1. The standard InChI is InChI=1S/C19H24N8O/c1-14(2)24-17(28)12-27-19-15(11-23-27)18(21-13-22-19)26-9-7-25(8-10-26)16-5-3-4-6-20-16/h3-6,11,13-14H,7-10,12H2,1-2H3,(H,24,28). The summed E-state index contributed by atoms with van der Waals surface area (Å²) in [5.74, 6) is 1.78. The Morgan fingerprint density at radius 2 is 1.89 bits per heavy atom. The lowest BCUT2D eigenvalue weighted by Crippen LogP contribution is -2.47. The van der Waals surface area contributed by atoms with Crippen LogP contribution in [0.15, 0.2) is 36.9 Å². The van der Waals surface area contributed by atoms with Gasteiger partial charge in [-0.2, -0.15) is 5.10 Å². The topological polar surface area (TPSA) is 92.1 Å². The van der Waals surface area contributed by atoms with E-state index < -0.39 is 0 Å². The van der Waals surface area contributed by atoms with Gasteiger partial charge in [0.1, 0.15) is 24.5 Å². The van der Waals surface area contributed by atoms with Crippen molar-refractivity contribution in [2.24, 2.45) is 0 Å². The first kappa shape index (κ1) is 18.1. The zero-order chi connectivity index (χ0) is 19.5. The maximum Gasteiger partial charge on any atom is 0.242 e. The average Bonchev–Trinajstić information content (AvgIpc) is 3.11. The van der Waals surface area contributed by atoms with E-state index in [1.807, 2.05) is 38.2 Å². The average molecular weight is 380 g/mol. The molecule has 28 heavy (non-hydrogen) atoms. The van der Waals surface area contributed by atoms with Crippen molar-refractivity contribution in [1.29, 1.82) is 0 Å². The number of aromatic nitrogens is 5. The molecule has 0 spiro atoms. The minimum Gasteiger partial charge on any atom is -0.353 e. The van der Waals surface area contributed by atoms with Crippen LogP contribution in [0.4, 0.5) is 11.6 Å². The lowest BCUT2D eigenvalue weighted by Gasteiger charge is -2.36. The van der Waals surface area contributed by atoms with Gasteiger partial charge in [-0.25, -0.2) is 19.6 Å². The van der Waals surface area contributed by atoms with Crippen LogP contribution in [-0.4, -0.2) is 62.9 Å². The molecule has 0 radical (unpaired) electrons. The van der Waals surface area contributed by atoms with Crippen LogP contribution in [0, 0.1) is 0 Å². The maximum atomic E-state index is 12.1. The summed E-state index contributed by atoms with van der Waals surface area (Å²) < 4.78 is 1.63. The first-order valence-electron chi connectivity index (χ1n) is 9.48. The van der Waals surface area contributed by atoms with Gasteiger partial charge < -0.3 is 15.1 Å². The van der Waals surface area contributed by atoms with Gasteiger partial charge in [0.05, 0.1) is 11.6 Å². The van der Waals surface area contributed by atoms with Crippen LogP contribution in [0.1, 0.15) is 13.8 Å². The molecule has 3 aromatic rings. The highest BCUT2D eigenvalue weighted by Crippen LogP contribution is 2.24. The molecular weight excluding hydrogens is 356 g/mol. The van der Waals surface area contributed by atoms with Gasteiger partial charge in [-0.1, -0.05) is 6.07 Å². The Morgan fingerprint density at radius 1 is 1.11 bits per heavy atom. The van der Waals surface area contributed by atoms with Crippen LogP contribution in [0.25, 0.3) is 11.0 Å². The molecule has 1 fully saturated rings. The van der Waals surface area contributed by atoms with Crippen LogP contribution < -0.4 is 15.1 Å². The second kappa shape index (κ2) is 7.79. The van der Waals surface area contributed by atoms with E-state index in [2.05, 4.69) is 35.2 Å². The number of carbonyl (C=O) groups is 1. The molecule has 0 atom stereocenters. The van der Waals surface area contributed by atoms with Crippen molar-refractivity contribution in [2.75, 3.05) is 36.0 Å². The van der Waals surface area contributed by atoms with Crippen molar-refractivity contribution in [2.45, 2.75) is 26.4 Å². The number of nitrogens with one attached hydrogen (secondary N) is 1. The second-order valence-electron chi connectivity index (χ2n) is 7.12. The molecule has 1 saturated heterocycles. The molecule has 0 aliphatic carbocycles. The minimum atomic E-state index is -0.0795. The largest absolute Gasteiger partial charge is 0.353 e. The molecule has 3 aromatic heterocycles. The van der Waals surface area contributed by atoms with Gasteiger partial charge in [0, 0.05) is 38.4 Å². The third kappa shape index (κ3) is 3.73. The molecular formula is C19H24N8O. The molecule has 9 nitrogen and oxygen atoms in total. The lowest BCUT2D eigenvalue weighted by atomic mass is 10.2. The van der Waals surface area contributed by atoms with Crippen LogP contribution in [0.2, 0.25) is 0 Å². The van der Waals surface area contributed by atoms with Crippen LogP contribution in [0.5, 0.6) is 0 Å². The van der Waals surface area contributed by atoms with Crippen LogP contribution >= 0.6 is 0 Å². The van der Waals surface area contributed by atoms with Crippen molar-refractivity contribution in [1.82, 2.24) is 30.0 Å². The van der Waals surface area contributed by atoms with E-state index >= 15 is 0 Å². The Bertz CT molecular complexity index is 947. The van der Waals surface area contributed by atoms with E-state index in [0.29, 0.717) is 5.65 Å². The highest BCUT2D eigenvalue weighted by atomic mass is 16.2. The first-order chi connectivity index (χ1) is 13.6. The highest BCUT2D eigenvalue weighted by molar-refractivity contribution is 5.88. The first-order valence-corrected chi connectivity index (χ1v) is 9.48. The maximum absolute atomic E-state index is 12.1. The zero-order valence-electron chi connectivity index (χ0n) is 16.1. The number of anilines is 2. The lowest BCUT2D eigenvalue weighted by molar-refractivity contribution is -0.122. The number of piperazine rings is 1. The SMILES string of the molecule is CC(C)NC(=O)Cn1ncc2c(N3CCN(c4ccccn4)CC3)ncnc21. The number of fused-ring (bicyclic) bond motifs is 1. The molecule has 1 amide bonds. The molecule has 4 rings (SSSR count). The summed E-state index contributed by atoms with van der Waals surface area (Å²) in [5.41, 5.74) is 0.677. The van der Waals surface area contributed by atoms with Gasteiger partial charge >= 0.3 is 0 Å². The van der Waals surface area contributed by atoms with Crippen molar-refractivity contribution in [3.05, 3.63) is 36.9 Å². The Labute approximate surface area is 163 Å². The van der Waals surface area contributed by atoms with Crippen molar-refractivity contribution in [3.63, 3.8) is 0 Å². The summed E-state index contributed by atoms with van der Waals surface area (Å²) in [7, 11) is 0. The van der Waals surface area contributed by atoms with Crippen LogP contribution in [0.3, 0.4) is 0 Å². The number of pyridine rings is 1. The molecule has 1 aliphatic rings. The van der Waals surface area contributed by atoms with Gasteiger partial charge in [0.25, 0.3) is 0 Å². The fourth-order valence-corrected chi connectivity index (χ4v) is 3.44. The molecule has 0 saturated carbocycles. The number of amides is 1. The Kier molecular flexibility index (Phi) is 5.05. The monoisotopic (exact) mass is 380 g/mol. The van der Waals surface area contributed by atoms with Crippen molar-refractivity contribution >= 4 is 28.6 Å². The third-order valence-corrected chi connectivity index (χ3v) is 4.71. The van der Waals surface area contributed by atoms with Gasteiger partial charge in [-0.3, -0.25) is 4.79 Å². The normalized spacial score (nSPS) is 14.7. The molecule has 1 N–H and O–H groups in total. The fourth-order valence-electron chi connectivity index (χ4n) is 3.44. The number of hydrogen-bond acceptors (Lipinski definition) is 7. The second-order valence-corrected chi connectivity index (χ2v) is 7.12. The molecule has 0 aromatic carbocycles. The van der Waals surface area contributed by atoms with E-state index in [1.165, 1.54) is 0 Å². The molecule has 0 bridgehead atoms. The quantitative estimate of drug-likeness (QED) is 0.708.